The summed E-state index contributed by atoms with van der Waals surface area (Å²) in [6.07, 6.45) is 13.2. The van der Waals surface area contributed by atoms with Crippen LogP contribution in [0.15, 0.2) is 18.2 Å². The number of aryl methyl sites for hydroxylation is 1. The Balaban J connectivity index is 2.10. The summed E-state index contributed by atoms with van der Waals surface area (Å²) in [7, 11) is 0. The van der Waals surface area contributed by atoms with E-state index in [0.717, 1.165) is 18.9 Å². The van der Waals surface area contributed by atoms with Crippen LogP contribution in [0.5, 0.6) is 5.75 Å². The predicted molar refractivity (Wildman–Crippen MR) is 91.5 cm³/mol. The molecule has 0 saturated heterocycles. The van der Waals surface area contributed by atoms with E-state index in [1.165, 1.54) is 57.4 Å². The molecule has 23 heavy (non-hydrogen) atoms. The number of hydrogen-bond donors (Lipinski definition) is 0. The van der Waals surface area contributed by atoms with Crippen LogP contribution >= 0.6 is 0 Å². The van der Waals surface area contributed by atoms with E-state index in [-0.39, 0.29) is 5.75 Å². The second kappa shape index (κ2) is 12.5. The topological polar surface area (TPSA) is 49.4 Å². The van der Waals surface area contributed by atoms with E-state index in [9.17, 15) is 13.2 Å². The molecule has 3 nitrogen and oxygen atoms in total. The molecule has 1 atom stereocenters. The van der Waals surface area contributed by atoms with Gasteiger partial charge < -0.3 is 8.74 Å². The molecule has 1 unspecified atom stereocenters. The average Bonchev–Trinajstić information content (AvgIpc) is 2.50. The Morgan fingerprint density at radius 3 is 2.09 bits per heavy atom. The van der Waals surface area contributed by atoms with Gasteiger partial charge in [0.15, 0.2) is 0 Å². The lowest BCUT2D eigenvalue weighted by Crippen LogP contribution is -1.99. The average molecular weight is 343 g/mol. The van der Waals surface area contributed by atoms with Gasteiger partial charge in [-0.15, -0.1) is 0 Å². The lowest BCUT2D eigenvalue weighted by molar-refractivity contribution is 0.438. The van der Waals surface area contributed by atoms with Crippen molar-refractivity contribution in [1.82, 2.24) is 0 Å². The van der Waals surface area contributed by atoms with Gasteiger partial charge in [0.2, 0.25) is 0 Å². The number of unbranched alkanes of at least 4 members (excludes halogenated alkanes) is 9. The minimum absolute atomic E-state index is 0.0163. The van der Waals surface area contributed by atoms with Gasteiger partial charge in [0.05, 0.1) is 0 Å². The first kappa shape index (κ1) is 20.1. The molecule has 1 aromatic rings. The van der Waals surface area contributed by atoms with Gasteiger partial charge in [0.1, 0.15) is 22.9 Å². The number of benzene rings is 1. The molecule has 0 radical (unpaired) electrons. The van der Waals surface area contributed by atoms with Gasteiger partial charge in [-0.05, 0) is 24.5 Å². The zero-order valence-corrected chi connectivity index (χ0v) is 14.8. The highest BCUT2D eigenvalue weighted by Crippen LogP contribution is 2.19. The van der Waals surface area contributed by atoms with Crippen LogP contribution < -0.4 is 4.18 Å². The van der Waals surface area contributed by atoms with Crippen LogP contribution in [0.4, 0.5) is 4.39 Å². The van der Waals surface area contributed by atoms with Crippen LogP contribution in [0.3, 0.4) is 0 Å². The summed E-state index contributed by atoms with van der Waals surface area (Å²) in [4.78, 5) is 0. The van der Waals surface area contributed by atoms with E-state index < -0.39 is 17.2 Å². The molecule has 1 aromatic carbocycles. The monoisotopic (exact) mass is 343 g/mol. The first-order valence-corrected chi connectivity index (χ1v) is 9.69. The Bertz CT molecular complexity index is 466. The first-order chi connectivity index (χ1) is 11.1. The maximum atomic E-state index is 13.8. The fourth-order valence-electron chi connectivity index (χ4n) is 2.66. The molecule has 0 aromatic heterocycles. The van der Waals surface area contributed by atoms with Crippen molar-refractivity contribution in [3.05, 3.63) is 29.6 Å². The van der Waals surface area contributed by atoms with Crippen LogP contribution in [-0.2, 0) is 17.8 Å². The minimum Gasteiger partial charge on any atom is -0.740 e. The predicted octanol–water partition coefficient (Wildman–Crippen LogP) is 5.46. The van der Waals surface area contributed by atoms with E-state index in [1.54, 1.807) is 6.07 Å². The molecule has 0 N–H and O–H groups in total. The molecule has 0 aliphatic carbocycles. The van der Waals surface area contributed by atoms with Gasteiger partial charge in [-0.2, -0.15) is 0 Å². The van der Waals surface area contributed by atoms with E-state index in [4.69, 9.17) is 0 Å². The highest BCUT2D eigenvalue weighted by atomic mass is 32.2. The van der Waals surface area contributed by atoms with Crippen molar-refractivity contribution in [2.24, 2.45) is 0 Å². The molecule has 0 saturated carbocycles. The highest BCUT2D eigenvalue weighted by molar-refractivity contribution is 7.74. The Labute approximate surface area is 142 Å². The first-order valence-electron chi connectivity index (χ1n) is 8.69. The number of rotatable bonds is 13. The molecule has 5 heteroatoms. The van der Waals surface area contributed by atoms with Crippen molar-refractivity contribution < 1.29 is 17.3 Å². The number of halogens is 1. The van der Waals surface area contributed by atoms with Gasteiger partial charge in [0.25, 0.3) is 0 Å². The van der Waals surface area contributed by atoms with Crippen LogP contribution in [0.25, 0.3) is 0 Å². The Morgan fingerprint density at radius 2 is 1.57 bits per heavy atom. The second-order valence-corrected chi connectivity index (χ2v) is 6.55. The lowest BCUT2D eigenvalue weighted by atomic mass is 10.0. The number of hydrogen-bond acceptors (Lipinski definition) is 3. The SMILES string of the molecule is CCCCCCCCCCCCc1ccc(OS(=O)[O-])cc1F. The molecule has 0 heterocycles. The molecule has 0 amide bonds. The molecule has 0 aliphatic heterocycles. The maximum Gasteiger partial charge on any atom is 0.142 e. The molecule has 0 aliphatic rings. The fraction of sp³-hybridized carbons (Fsp3) is 0.667. The molecule has 0 fully saturated rings. The summed E-state index contributed by atoms with van der Waals surface area (Å²) >= 11 is -2.66. The van der Waals surface area contributed by atoms with Gasteiger partial charge in [-0.1, -0.05) is 70.8 Å². The second-order valence-electron chi connectivity index (χ2n) is 5.97. The Hall–Kier alpha value is -0.940. The maximum absolute atomic E-state index is 13.8. The van der Waals surface area contributed by atoms with E-state index in [0.29, 0.717) is 12.0 Å². The molecular formula is C18H28FO3S-. The normalized spacial score (nSPS) is 12.3. The lowest BCUT2D eigenvalue weighted by Gasteiger charge is -2.09. The standard InChI is InChI=1S/C18H29FO3S/c1-2-3-4-5-6-7-8-9-10-11-12-16-13-14-17(15-18(16)19)22-23(20)21/h13-15H,2-12H2,1H3,(H,20,21)/p-1. The summed E-state index contributed by atoms with van der Waals surface area (Å²) in [6, 6.07) is 4.22. The molecule has 132 valence electrons. The Morgan fingerprint density at radius 1 is 1.00 bits per heavy atom. The van der Waals surface area contributed by atoms with Crippen LogP contribution in [0.2, 0.25) is 0 Å². The van der Waals surface area contributed by atoms with Gasteiger partial charge in [0, 0.05) is 6.07 Å². The summed E-state index contributed by atoms with van der Waals surface area (Å²) in [5, 5.41) is 0. The Kier molecular flexibility index (Phi) is 10.9. The third-order valence-corrected chi connectivity index (χ3v) is 4.32. The van der Waals surface area contributed by atoms with Gasteiger partial charge in [-0.3, -0.25) is 0 Å². The van der Waals surface area contributed by atoms with Crippen LogP contribution in [0.1, 0.15) is 76.7 Å². The molecule has 1 rings (SSSR count). The fourth-order valence-corrected chi connectivity index (χ4v) is 2.92. The smallest absolute Gasteiger partial charge is 0.142 e. The van der Waals surface area contributed by atoms with Crippen molar-refractivity contribution in [1.29, 1.82) is 0 Å². The van der Waals surface area contributed by atoms with Crippen molar-refractivity contribution in [3.8, 4) is 5.75 Å². The zero-order chi connectivity index (χ0) is 16.9. The van der Waals surface area contributed by atoms with E-state index >= 15 is 0 Å². The highest BCUT2D eigenvalue weighted by Gasteiger charge is 2.05. The van der Waals surface area contributed by atoms with Gasteiger partial charge >= 0.3 is 0 Å². The van der Waals surface area contributed by atoms with Gasteiger partial charge in [-0.25, -0.2) is 8.60 Å². The van der Waals surface area contributed by atoms with Crippen molar-refractivity contribution in [3.63, 3.8) is 0 Å². The van der Waals surface area contributed by atoms with Crippen molar-refractivity contribution in [2.45, 2.75) is 77.6 Å². The third kappa shape index (κ3) is 9.72. The summed E-state index contributed by atoms with van der Waals surface area (Å²) in [6.45, 7) is 2.23. The minimum atomic E-state index is -2.66. The summed E-state index contributed by atoms with van der Waals surface area (Å²) in [5.41, 5.74) is 0.619. The van der Waals surface area contributed by atoms with Crippen LogP contribution in [-0.4, -0.2) is 8.76 Å². The molecular weight excluding hydrogens is 315 g/mol. The van der Waals surface area contributed by atoms with E-state index in [2.05, 4.69) is 11.1 Å². The van der Waals surface area contributed by atoms with E-state index in [1.807, 2.05) is 0 Å². The van der Waals surface area contributed by atoms with Crippen molar-refractivity contribution >= 4 is 11.4 Å². The van der Waals surface area contributed by atoms with Crippen LogP contribution in [0, 0.1) is 5.82 Å². The zero-order valence-electron chi connectivity index (χ0n) is 14.0. The quantitative estimate of drug-likeness (QED) is 0.353. The third-order valence-electron chi connectivity index (χ3n) is 3.99. The molecule has 0 spiro atoms. The molecule has 0 bridgehead atoms. The summed E-state index contributed by atoms with van der Waals surface area (Å²) in [5.74, 6) is -0.383. The summed E-state index contributed by atoms with van der Waals surface area (Å²) < 4.78 is 39.0. The largest absolute Gasteiger partial charge is 0.740 e. The van der Waals surface area contributed by atoms with Crippen molar-refractivity contribution in [2.75, 3.05) is 0 Å².